The van der Waals surface area contributed by atoms with Gasteiger partial charge < -0.3 is 14.8 Å². The van der Waals surface area contributed by atoms with Crippen molar-refractivity contribution in [3.05, 3.63) is 71.5 Å². The molecule has 0 saturated carbocycles. The minimum atomic E-state index is -0.467. The quantitative estimate of drug-likeness (QED) is 0.621. The van der Waals surface area contributed by atoms with Crippen molar-refractivity contribution in [3.63, 3.8) is 0 Å². The van der Waals surface area contributed by atoms with Crippen LogP contribution in [0.5, 0.6) is 11.5 Å². The smallest absolute Gasteiger partial charge is 0.310 e. The largest absolute Gasteiger partial charge is 0.457 e. The summed E-state index contributed by atoms with van der Waals surface area (Å²) in [5, 5.41) is 6.96. The summed E-state index contributed by atoms with van der Waals surface area (Å²) in [5.41, 5.74) is 3.10. The van der Waals surface area contributed by atoms with E-state index in [-0.39, 0.29) is 13.0 Å². The van der Waals surface area contributed by atoms with E-state index in [1.807, 2.05) is 51.2 Å². The zero-order valence-corrected chi connectivity index (χ0v) is 16.6. The van der Waals surface area contributed by atoms with Gasteiger partial charge in [-0.2, -0.15) is 5.10 Å². The molecule has 0 unspecified atom stereocenters. The molecule has 0 saturated heterocycles. The van der Waals surface area contributed by atoms with E-state index in [1.165, 1.54) is 0 Å². The van der Waals surface area contributed by atoms with Gasteiger partial charge in [0, 0.05) is 24.0 Å². The average molecular weight is 393 g/mol. The third-order valence-corrected chi connectivity index (χ3v) is 4.46. The lowest BCUT2D eigenvalue weighted by Gasteiger charge is -2.09. The van der Waals surface area contributed by atoms with Gasteiger partial charge >= 0.3 is 5.97 Å². The van der Waals surface area contributed by atoms with Gasteiger partial charge in [0.1, 0.15) is 11.5 Å². The minimum absolute atomic E-state index is 0.0876. The lowest BCUT2D eigenvalue weighted by Crippen LogP contribution is -2.21. The number of para-hydroxylation sites is 1. The maximum absolute atomic E-state index is 12.0. The van der Waals surface area contributed by atoms with E-state index in [0.717, 1.165) is 22.7 Å². The molecular formula is C22H23N3O4. The molecule has 7 heteroatoms. The molecule has 0 spiro atoms. The van der Waals surface area contributed by atoms with Gasteiger partial charge in [-0.05, 0) is 50.2 Å². The number of carbonyl (C=O) groups is 2. The Labute approximate surface area is 169 Å². The van der Waals surface area contributed by atoms with Crippen LogP contribution in [-0.4, -0.2) is 28.3 Å². The highest BCUT2D eigenvalue weighted by atomic mass is 16.5. The molecule has 1 amide bonds. The van der Waals surface area contributed by atoms with Crippen LogP contribution in [0.25, 0.3) is 0 Å². The lowest BCUT2D eigenvalue weighted by molar-refractivity contribution is -0.146. The molecule has 7 nitrogen and oxygen atoms in total. The van der Waals surface area contributed by atoms with Gasteiger partial charge in [0.2, 0.25) is 0 Å². The minimum Gasteiger partial charge on any atom is -0.457 e. The van der Waals surface area contributed by atoms with Crippen molar-refractivity contribution in [3.8, 4) is 11.5 Å². The summed E-state index contributed by atoms with van der Waals surface area (Å²) in [5.74, 6) is 0.513. The summed E-state index contributed by atoms with van der Waals surface area (Å²) < 4.78 is 12.5. The van der Waals surface area contributed by atoms with E-state index in [2.05, 4.69) is 10.4 Å². The fraction of sp³-hybridized carbons (Fsp3) is 0.227. The van der Waals surface area contributed by atoms with Crippen LogP contribution in [0.3, 0.4) is 0 Å². The Morgan fingerprint density at radius 3 is 2.28 bits per heavy atom. The number of nitrogens with one attached hydrogen (secondary N) is 1. The Morgan fingerprint density at radius 2 is 1.66 bits per heavy atom. The average Bonchev–Trinajstić information content (AvgIpc) is 2.95. The summed E-state index contributed by atoms with van der Waals surface area (Å²) in [6.45, 7) is 3.38. The molecule has 0 aliphatic heterocycles. The van der Waals surface area contributed by atoms with Gasteiger partial charge in [-0.15, -0.1) is 0 Å². The van der Waals surface area contributed by atoms with Crippen molar-refractivity contribution in [2.24, 2.45) is 7.05 Å². The molecule has 0 fully saturated rings. The monoisotopic (exact) mass is 393 g/mol. The molecule has 150 valence electrons. The van der Waals surface area contributed by atoms with Crippen LogP contribution in [0.2, 0.25) is 0 Å². The van der Waals surface area contributed by atoms with E-state index in [4.69, 9.17) is 9.47 Å². The summed E-state index contributed by atoms with van der Waals surface area (Å²) in [6.07, 6.45) is 0.0876. The number of amides is 1. The van der Waals surface area contributed by atoms with Crippen LogP contribution < -0.4 is 10.1 Å². The Bertz CT molecular complexity index is 995. The molecule has 1 aromatic heterocycles. The highest BCUT2D eigenvalue weighted by Crippen LogP contribution is 2.22. The van der Waals surface area contributed by atoms with Crippen LogP contribution in [0, 0.1) is 13.8 Å². The number of esters is 1. The maximum Gasteiger partial charge on any atom is 0.310 e. The van der Waals surface area contributed by atoms with Crippen molar-refractivity contribution in [2.45, 2.75) is 20.3 Å². The highest BCUT2D eigenvalue weighted by molar-refractivity contribution is 5.93. The predicted molar refractivity (Wildman–Crippen MR) is 109 cm³/mol. The third-order valence-electron chi connectivity index (χ3n) is 4.46. The van der Waals surface area contributed by atoms with Crippen LogP contribution >= 0.6 is 0 Å². The summed E-state index contributed by atoms with van der Waals surface area (Å²) >= 11 is 0. The second kappa shape index (κ2) is 9.05. The highest BCUT2D eigenvalue weighted by Gasteiger charge is 2.15. The van der Waals surface area contributed by atoms with Gasteiger partial charge in [-0.25, -0.2) is 0 Å². The summed E-state index contributed by atoms with van der Waals surface area (Å²) in [7, 11) is 1.82. The Hall–Kier alpha value is -3.61. The molecule has 1 N–H and O–H groups in total. The first-order valence-corrected chi connectivity index (χ1v) is 9.20. The fourth-order valence-electron chi connectivity index (χ4n) is 2.84. The fourth-order valence-corrected chi connectivity index (χ4v) is 2.84. The summed E-state index contributed by atoms with van der Waals surface area (Å²) in [6, 6.07) is 16.4. The number of carbonyl (C=O) groups excluding carboxylic acids is 2. The van der Waals surface area contributed by atoms with E-state index < -0.39 is 11.9 Å². The van der Waals surface area contributed by atoms with Crippen LogP contribution in [-0.2, 0) is 27.8 Å². The van der Waals surface area contributed by atoms with E-state index in [9.17, 15) is 9.59 Å². The summed E-state index contributed by atoms with van der Waals surface area (Å²) in [4.78, 5) is 24.1. The van der Waals surface area contributed by atoms with Gasteiger partial charge in [0.25, 0.3) is 5.91 Å². The number of rotatable bonds is 7. The van der Waals surface area contributed by atoms with Crippen molar-refractivity contribution >= 4 is 17.6 Å². The van der Waals surface area contributed by atoms with Gasteiger partial charge in [-0.1, -0.05) is 18.2 Å². The molecular weight excluding hydrogens is 370 g/mol. The third kappa shape index (κ3) is 5.44. The molecule has 0 aliphatic carbocycles. The number of aryl methyl sites for hydroxylation is 2. The number of nitrogens with zero attached hydrogens (tertiary/aromatic N) is 2. The lowest BCUT2D eigenvalue weighted by atomic mass is 10.1. The Kier molecular flexibility index (Phi) is 6.29. The standard InChI is InChI=1S/C22H23N3O4/c1-15-20(16(2)25(3)24-15)13-22(27)28-14-21(26)23-17-9-11-19(12-10-17)29-18-7-5-4-6-8-18/h4-12H,13-14H2,1-3H3,(H,23,26). The topological polar surface area (TPSA) is 82.5 Å². The molecule has 3 aromatic rings. The van der Waals surface area contributed by atoms with Crippen LogP contribution in [0.1, 0.15) is 17.0 Å². The molecule has 2 aromatic carbocycles. The Morgan fingerprint density at radius 1 is 1.00 bits per heavy atom. The van der Waals surface area contributed by atoms with Crippen molar-refractivity contribution < 1.29 is 19.1 Å². The molecule has 0 bridgehead atoms. The zero-order valence-electron chi connectivity index (χ0n) is 16.6. The predicted octanol–water partition coefficient (Wildman–Crippen LogP) is 3.55. The molecule has 0 radical (unpaired) electrons. The van der Waals surface area contributed by atoms with Gasteiger partial charge in [0.05, 0.1) is 12.1 Å². The number of benzene rings is 2. The van der Waals surface area contributed by atoms with Crippen molar-refractivity contribution in [2.75, 3.05) is 11.9 Å². The maximum atomic E-state index is 12.0. The van der Waals surface area contributed by atoms with E-state index >= 15 is 0 Å². The first kappa shape index (κ1) is 20.1. The van der Waals surface area contributed by atoms with Gasteiger partial charge in [-0.3, -0.25) is 14.3 Å². The number of hydrogen-bond donors (Lipinski definition) is 1. The Balaban J connectivity index is 1.47. The van der Waals surface area contributed by atoms with Crippen LogP contribution in [0.4, 0.5) is 5.69 Å². The van der Waals surface area contributed by atoms with Crippen molar-refractivity contribution in [1.82, 2.24) is 9.78 Å². The number of hydrogen-bond acceptors (Lipinski definition) is 5. The second-order valence-electron chi connectivity index (χ2n) is 6.60. The number of aromatic nitrogens is 2. The molecule has 1 heterocycles. The van der Waals surface area contributed by atoms with E-state index in [1.54, 1.807) is 28.9 Å². The first-order valence-electron chi connectivity index (χ1n) is 9.20. The molecule has 0 aliphatic rings. The number of ether oxygens (including phenoxy) is 2. The van der Waals surface area contributed by atoms with E-state index in [0.29, 0.717) is 11.4 Å². The zero-order chi connectivity index (χ0) is 20.8. The normalized spacial score (nSPS) is 10.4. The molecule has 29 heavy (non-hydrogen) atoms. The van der Waals surface area contributed by atoms with Crippen molar-refractivity contribution in [1.29, 1.82) is 0 Å². The SMILES string of the molecule is Cc1nn(C)c(C)c1CC(=O)OCC(=O)Nc1ccc(Oc2ccccc2)cc1. The molecule has 0 atom stereocenters. The van der Waals surface area contributed by atoms with Gasteiger partial charge in [0.15, 0.2) is 6.61 Å². The first-order chi connectivity index (χ1) is 13.9. The number of anilines is 1. The van der Waals surface area contributed by atoms with Crippen LogP contribution in [0.15, 0.2) is 54.6 Å². The second-order valence-corrected chi connectivity index (χ2v) is 6.60. The molecule has 3 rings (SSSR count).